The second-order valence-electron chi connectivity index (χ2n) is 5.52. The van der Waals surface area contributed by atoms with Crippen LogP contribution in [-0.4, -0.2) is 21.5 Å². The third kappa shape index (κ3) is 3.70. The minimum Gasteiger partial charge on any atom is -0.272 e. The lowest BCUT2D eigenvalue weighted by Gasteiger charge is -2.30. The molecule has 0 spiro atoms. The Bertz CT molecular complexity index is 717. The van der Waals surface area contributed by atoms with Crippen LogP contribution < -0.4 is 5.43 Å². The zero-order chi connectivity index (χ0) is 18.7. The topological polar surface area (TPSA) is 111 Å². The van der Waals surface area contributed by atoms with E-state index in [-0.39, 0.29) is 5.69 Å². The van der Waals surface area contributed by atoms with Crippen molar-refractivity contribution in [3.63, 3.8) is 0 Å². The number of anilines is 1. The van der Waals surface area contributed by atoms with Gasteiger partial charge in [-0.15, -0.1) is 6.58 Å². The lowest BCUT2D eigenvalue weighted by molar-refractivity contribution is -0.393. The van der Waals surface area contributed by atoms with Crippen LogP contribution >= 0.6 is 0 Å². The summed E-state index contributed by atoms with van der Waals surface area (Å²) in [4.78, 5) is 20.0. The monoisotopic (exact) mass is 342 g/mol. The van der Waals surface area contributed by atoms with Gasteiger partial charge in [-0.1, -0.05) is 19.9 Å². The van der Waals surface area contributed by atoms with Crippen molar-refractivity contribution in [2.75, 3.05) is 5.43 Å². The highest BCUT2D eigenvalue weighted by atomic mass is 19.3. The average molecular weight is 342 g/mol. The van der Waals surface area contributed by atoms with Crippen LogP contribution in [0, 0.1) is 25.6 Å². The molecule has 1 aromatic rings. The van der Waals surface area contributed by atoms with Gasteiger partial charge in [-0.05, 0) is 13.0 Å². The standard InChI is InChI=1S/C14H16F2N4O4/c1-5-13(3,4)14(15,16)9(2)17-18-11-7-6-10(19(21)22)8-12(11)20(23)24/h5-8,18H,1H2,2-4H3. The molecule has 0 aliphatic carbocycles. The normalized spacial score (nSPS) is 12.6. The number of alkyl halides is 2. The number of hydrogen-bond donors (Lipinski definition) is 1. The lowest BCUT2D eigenvalue weighted by Crippen LogP contribution is -2.41. The molecule has 0 aromatic heterocycles. The molecule has 0 radical (unpaired) electrons. The summed E-state index contributed by atoms with van der Waals surface area (Å²) in [5.41, 5.74) is -1.40. The van der Waals surface area contributed by atoms with Gasteiger partial charge in [0.2, 0.25) is 0 Å². The number of nitrogens with one attached hydrogen (secondary N) is 1. The molecule has 0 bridgehead atoms. The Balaban J connectivity index is 3.20. The van der Waals surface area contributed by atoms with Gasteiger partial charge in [-0.25, -0.2) is 0 Å². The maximum Gasteiger partial charge on any atom is 0.301 e. The molecule has 0 aliphatic heterocycles. The number of rotatable bonds is 7. The highest BCUT2D eigenvalue weighted by Crippen LogP contribution is 2.38. The number of benzene rings is 1. The van der Waals surface area contributed by atoms with Crippen LogP contribution in [0.25, 0.3) is 0 Å². The van der Waals surface area contributed by atoms with Crippen molar-refractivity contribution in [2.45, 2.75) is 26.7 Å². The van der Waals surface area contributed by atoms with E-state index in [4.69, 9.17) is 0 Å². The lowest BCUT2D eigenvalue weighted by atomic mass is 9.83. The Hall–Kier alpha value is -2.91. The molecule has 130 valence electrons. The number of non-ortho nitro benzene ring substituents is 1. The van der Waals surface area contributed by atoms with Gasteiger partial charge in [0.25, 0.3) is 11.6 Å². The van der Waals surface area contributed by atoms with Gasteiger partial charge in [-0.2, -0.15) is 13.9 Å². The molecule has 1 rings (SSSR count). The van der Waals surface area contributed by atoms with Gasteiger partial charge >= 0.3 is 5.69 Å². The van der Waals surface area contributed by atoms with Crippen molar-refractivity contribution in [2.24, 2.45) is 10.5 Å². The second-order valence-corrected chi connectivity index (χ2v) is 5.52. The Morgan fingerprint density at radius 1 is 1.29 bits per heavy atom. The SMILES string of the molecule is C=CC(C)(C)C(F)(F)C(C)=NNc1ccc([N+](=O)[O-])cc1[N+](=O)[O-]. The minimum absolute atomic E-state index is 0.239. The van der Waals surface area contributed by atoms with Gasteiger partial charge in [0.05, 0.1) is 21.3 Å². The molecule has 0 fully saturated rings. The molecular weight excluding hydrogens is 326 g/mol. The van der Waals surface area contributed by atoms with Crippen molar-refractivity contribution in [1.29, 1.82) is 0 Å². The van der Waals surface area contributed by atoms with E-state index in [0.717, 1.165) is 31.2 Å². The van der Waals surface area contributed by atoms with Crippen LogP contribution in [0.1, 0.15) is 20.8 Å². The number of nitro benzene ring substituents is 2. The maximum absolute atomic E-state index is 14.3. The number of halogens is 2. The number of nitrogens with zero attached hydrogens (tertiary/aromatic N) is 3. The van der Waals surface area contributed by atoms with E-state index in [1.807, 2.05) is 0 Å². The summed E-state index contributed by atoms with van der Waals surface area (Å²) in [6.07, 6.45) is 1.08. The summed E-state index contributed by atoms with van der Waals surface area (Å²) in [5.74, 6) is -3.35. The fourth-order valence-corrected chi connectivity index (χ4v) is 1.69. The Kier molecular flexibility index (Phi) is 5.33. The van der Waals surface area contributed by atoms with Crippen LogP contribution in [0.15, 0.2) is 36.0 Å². The van der Waals surface area contributed by atoms with E-state index in [9.17, 15) is 29.0 Å². The van der Waals surface area contributed by atoms with Gasteiger partial charge in [0.15, 0.2) is 0 Å². The molecule has 24 heavy (non-hydrogen) atoms. The second kappa shape index (κ2) is 6.69. The Morgan fingerprint density at radius 3 is 2.33 bits per heavy atom. The highest BCUT2D eigenvalue weighted by Gasteiger charge is 2.47. The Morgan fingerprint density at radius 2 is 1.88 bits per heavy atom. The molecule has 0 saturated heterocycles. The summed E-state index contributed by atoms with van der Waals surface area (Å²) in [6, 6.07) is 2.76. The largest absolute Gasteiger partial charge is 0.301 e. The van der Waals surface area contributed by atoms with Gasteiger partial charge in [0.1, 0.15) is 11.4 Å². The molecule has 1 N–H and O–H groups in total. The summed E-state index contributed by atoms with van der Waals surface area (Å²) >= 11 is 0. The van der Waals surface area contributed by atoms with E-state index in [1.54, 1.807) is 0 Å². The minimum atomic E-state index is -3.35. The molecule has 0 atom stereocenters. The predicted molar refractivity (Wildman–Crippen MR) is 85.4 cm³/mol. The van der Waals surface area contributed by atoms with Crippen molar-refractivity contribution >= 4 is 22.8 Å². The molecular formula is C14H16F2N4O4. The molecule has 0 aliphatic rings. The summed E-state index contributed by atoms with van der Waals surface area (Å²) in [5, 5.41) is 25.1. The zero-order valence-corrected chi connectivity index (χ0v) is 13.2. The van der Waals surface area contributed by atoms with Gasteiger partial charge in [-0.3, -0.25) is 25.7 Å². The molecule has 10 heteroatoms. The molecule has 0 unspecified atom stereocenters. The summed E-state index contributed by atoms with van der Waals surface area (Å²) in [7, 11) is 0. The average Bonchev–Trinajstić information content (AvgIpc) is 2.51. The number of allylic oxidation sites excluding steroid dienone is 1. The molecule has 0 amide bonds. The van der Waals surface area contributed by atoms with Gasteiger partial charge < -0.3 is 0 Å². The quantitative estimate of drug-likeness (QED) is 0.346. The van der Waals surface area contributed by atoms with E-state index >= 15 is 0 Å². The first-order valence-electron chi connectivity index (χ1n) is 6.69. The first kappa shape index (κ1) is 19.1. The van der Waals surface area contributed by atoms with E-state index in [1.165, 1.54) is 13.8 Å². The highest BCUT2D eigenvalue weighted by molar-refractivity contribution is 5.90. The van der Waals surface area contributed by atoms with Crippen molar-refractivity contribution in [3.8, 4) is 0 Å². The predicted octanol–water partition coefficient (Wildman–Crippen LogP) is 4.14. The molecule has 0 saturated carbocycles. The van der Waals surface area contributed by atoms with E-state index in [0.29, 0.717) is 0 Å². The van der Waals surface area contributed by atoms with Crippen molar-refractivity contribution in [3.05, 3.63) is 51.1 Å². The van der Waals surface area contributed by atoms with Crippen LogP contribution in [0.2, 0.25) is 0 Å². The van der Waals surface area contributed by atoms with Gasteiger partial charge in [0, 0.05) is 6.07 Å². The zero-order valence-electron chi connectivity index (χ0n) is 13.2. The number of hydrogen-bond acceptors (Lipinski definition) is 6. The summed E-state index contributed by atoms with van der Waals surface area (Å²) in [6.45, 7) is 6.96. The molecule has 8 nitrogen and oxygen atoms in total. The third-order valence-electron chi connectivity index (χ3n) is 3.51. The van der Waals surface area contributed by atoms with E-state index in [2.05, 4.69) is 17.1 Å². The van der Waals surface area contributed by atoms with Crippen LogP contribution in [0.4, 0.5) is 25.8 Å². The Labute approximate surface area is 136 Å². The molecule has 0 heterocycles. The van der Waals surface area contributed by atoms with Crippen LogP contribution in [0.5, 0.6) is 0 Å². The van der Waals surface area contributed by atoms with Crippen molar-refractivity contribution < 1.29 is 18.6 Å². The van der Waals surface area contributed by atoms with Crippen LogP contribution in [-0.2, 0) is 0 Å². The smallest absolute Gasteiger partial charge is 0.272 e. The fraction of sp³-hybridized carbons (Fsp3) is 0.357. The number of hydrazone groups is 1. The van der Waals surface area contributed by atoms with Crippen LogP contribution in [0.3, 0.4) is 0 Å². The van der Waals surface area contributed by atoms with Crippen molar-refractivity contribution in [1.82, 2.24) is 0 Å². The van der Waals surface area contributed by atoms with E-state index < -0.39 is 38.3 Å². The summed E-state index contributed by atoms with van der Waals surface area (Å²) < 4.78 is 28.5. The third-order valence-corrected chi connectivity index (χ3v) is 3.51. The fourth-order valence-electron chi connectivity index (χ4n) is 1.69. The first-order valence-corrected chi connectivity index (χ1v) is 6.69. The maximum atomic E-state index is 14.3. The first-order chi connectivity index (χ1) is 10.9. The molecule has 1 aromatic carbocycles. The number of nitro groups is 2.